The second kappa shape index (κ2) is 10.3. The standard InChI is InChI=1S/C8H19N2O.C3H7O.O.Ti/c1-4-9-8(7-11)10(5-2)6-3;1-3(2)4;;/h8-9H,4-7H2,1-3H3;3H,1-2H3;;/q2*-1;;+2. The van der Waals surface area contributed by atoms with Crippen LogP contribution in [-0.4, -0.2) is 43.4 Å². The zero-order valence-corrected chi connectivity index (χ0v) is 13.2. The molecule has 0 heterocycles. The maximum atomic E-state index is 11.5. The van der Waals surface area contributed by atoms with E-state index in [0.29, 0.717) is 6.61 Å². The summed E-state index contributed by atoms with van der Waals surface area (Å²) in [5.41, 5.74) is 0. The van der Waals surface area contributed by atoms with E-state index in [-0.39, 0.29) is 12.3 Å². The third-order valence-electron chi connectivity index (χ3n) is 2.38. The number of hydrogen-bond acceptors (Lipinski definition) is 5. The van der Waals surface area contributed by atoms with Crippen molar-refractivity contribution in [3.05, 3.63) is 0 Å². The summed E-state index contributed by atoms with van der Waals surface area (Å²) >= 11 is -2.99. The van der Waals surface area contributed by atoms with Crippen LogP contribution in [0.25, 0.3) is 0 Å². The number of hydrogen-bond donors (Lipinski definition) is 1. The van der Waals surface area contributed by atoms with E-state index < -0.39 is 18.6 Å². The molecule has 6 heteroatoms. The minimum atomic E-state index is -2.99. The summed E-state index contributed by atoms with van der Waals surface area (Å²) in [6.45, 7) is 13.1. The first-order chi connectivity index (χ1) is 8.04. The van der Waals surface area contributed by atoms with Gasteiger partial charge in [-0.25, -0.2) is 0 Å². The molecule has 0 amide bonds. The van der Waals surface area contributed by atoms with E-state index in [1.54, 1.807) is 0 Å². The van der Waals surface area contributed by atoms with Gasteiger partial charge in [0, 0.05) is 0 Å². The van der Waals surface area contributed by atoms with E-state index in [1.807, 2.05) is 13.8 Å². The first-order valence-corrected chi connectivity index (χ1v) is 8.27. The van der Waals surface area contributed by atoms with Gasteiger partial charge in [0.15, 0.2) is 0 Å². The van der Waals surface area contributed by atoms with Gasteiger partial charge >= 0.3 is 112 Å². The number of rotatable bonds is 10. The molecule has 0 saturated heterocycles. The normalized spacial score (nSPS) is 13.4. The van der Waals surface area contributed by atoms with Crippen LogP contribution in [0.15, 0.2) is 0 Å². The molecule has 0 bridgehead atoms. The van der Waals surface area contributed by atoms with Gasteiger partial charge in [-0.15, -0.1) is 0 Å². The first-order valence-electron chi connectivity index (χ1n) is 6.35. The molecule has 0 aromatic heterocycles. The minimum absolute atomic E-state index is 0.0338. The van der Waals surface area contributed by atoms with Gasteiger partial charge in [0.05, 0.1) is 0 Å². The van der Waals surface area contributed by atoms with Crippen molar-refractivity contribution < 1.29 is 28.6 Å². The van der Waals surface area contributed by atoms with Crippen molar-refractivity contribution in [2.45, 2.75) is 46.9 Å². The number of nitrogens with zero attached hydrogens (tertiary/aromatic N) is 1. The Bertz CT molecular complexity index is 211. The molecule has 5 nitrogen and oxygen atoms in total. The molecule has 0 rings (SSSR count). The fourth-order valence-corrected chi connectivity index (χ4v) is 2.73. The quantitative estimate of drug-likeness (QED) is 0.486. The van der Waals surface area contributed by atoms with Gasteiger partial charge in [0.1, 0.15) is 0 Å². The molecular formula is C11H26N2O3Ti. The van der Waals surface area contributed by atoms with Crippen LogP contribution >= 0.6 is 0 Å². The summed E-state index contributed by atoms with van der Waals surface area (Å²) in [5.74, 6) is 0. The summed E-state index contributed by atoms with van der Waals surface area (Å²) in [7, 11) is 0. The molecular weight excluding hydrogens is 256 g/mol. The van der Waals surface area contributed by atoms with Crippen LogP contribution in [0, 0.1) is 0 Å². The van der Waals surface area contributed by atoms with Crippen LogP contribution in [0.1, 0.15) is 34.6 Å². The molecule has 0 aromatic rings. The van der Waals surface area contributed by atoms with Crippen LogP contribution in [0.4, 0.5) is 0 Å². The molecule has 0 spiro atoms. The van der Waals surface area contributed by atoms with Crippen LogP contribution in [0.5, 0.6) is 0 Å². The predicted octanol–water partition coefficient (Wildman–Crippen LogP) is 1.50. The summed E-state index contributed by atoms with van der Waals surface area (Å²) in [6, 6.07) is 0. The Morgan fingerprint density at radius 2 is 1.82 bits per heavy atom. The fourth-order valence-electron chi connectivity index (χ4n) is 1.57. The molecule has 1 N–H and O–H groups in total. The molecule has 1 atom stereocenters. The molecule has 1 unspecified atom stereocenters. The van der Waals surface area contributed by atoms with Crippen molar-refractivity contribution in [3.8, 4) is 0 Å². The van der Waals surface area contributed by atoms with Gasteiger partial charge in [0.25, 0.3) is 0 Å². The van der Waals surface area contributed by atoms with Gasteiger partial charge in [-0.2, -0.15) is 0 Å². The molecule has 17 heavy (non-hydrogen) atoms. The summed E-state index contributed by atoms with van der Waals surface area (Å²) < 4.78 is 22.0. The molecule has 0 aliphatic carbocycles. The van der Waals surface area contributed by atoms with Crippen molar-refractivity contribution in [2.75, 3.05) is 26.2 Å². The van der Waals surface area contributed by atoms with E-state index in [4.69, 9.17) is 6.64 Å². The zero-order valence-electron chi connectivity index (χ0n) is 11.7. The predicted molar refractivity (Wildman–Crippen MR) is 63.2 cm³/mol. The molecule has 0 saturated carbocycles. The Balaban J connectivity index is 4.11. The second-order valence-electron chi connectivity index (χ2n) is 4.02. The van der Waals surface area contributed by atoms with Gasteiger partial charge in [0.2, 0.25) is 0 Å². The topological polar surface area (TPSA) is 50.8 Å². The molecule has 0 aromatic carbocycles. The molecule has 0 aliphatic heterocycles. The third kappa shape index (κ3) is 8.13. The van der Waals surface area contributed by atoms with Crippen LogP contribution in [0.2, 0.25) is 0 Å². The Morgan fingerprint density at radius 3 is 2.24 bits per heavy atom. The molecule has 0 aliphatic rings. The first kappa shape index (κ1) is 17.4. The van der Waals surface area contributed by atoms with Crippen molar-refractivity contribution in [2.24, 2.45) is 0 Å². The fraction of sp³-hybridized carbons (Fsp3) is 1.00. The van der Waals surface area contributed by atoms with Crippen LogP contribution in [0.3, 0.4) is 0 Å². The monoisotopic (exact) mass is 282 g/mol. The number of likely N-dealkylation sites (N-methyl/N-ethyl adjacent to an activating group) is 2. The van der Waals surface area contributed by atoms with Crippen molar-refractivity contribution >= 4 is 0 Å². The average molecular weight is 282 g/mol. The Morgan fingerprint density at radius 1 is 1.24 bits per heavy atom. The average Bonchev–Trinajstić information content (AvgIpc) is 2.26. The molecule has 0 fully saturated rings. The summed E-state index contributed by atoms with van der Waals surface area (Å²) in [5, 5.41) is 3.33. The van der Waals surface area contributed by atoms with Gasteiger partial charge in [-0.1, -0.05) is 0 Å². The van der Waals surface area contributed by atoms with Gasteiger partial charge < -0.3 is 0 Å². The Hall–Kier alpha value is 0.354. The van der Waals surface area contributed by atoms with Crippen molar-refractivity contribution in [3.63, 3.8) is 0 Å². The number of nitrogens with one attached hydrogen (secondary N) is 1. The van der Waals surface area contributed by atoms with Gasteiger partial charge in [-0.3, -0.25) is 0 Å². The molecule has 102 valence electrons. The molecule has 0 radical (unpaired) electrons. The van der Waals surface area contributed by atoms with Crippen molar-refractivity contribution in [1.29, 1.82) is 0 Å². The van der Waals surface area contributed by atoms with E-state index in [9.17, 15) is 3.32 Å². The van der Waals surface area contributed by atoms with E-state index in [1.165, 1.54) is 0 Å². The zero-order chi connectivity index (χ0) is 13.3. The summed E-state index contributed by atoms with van der Waals surface area (Å²) in [4.78, 5) is 2.24. The third-order valence-corrected chi connectivity index (χ3v) is 4.05. The van der Waals surface area contributed by atoms with Crippen LogP contribution < -0.4 is 5.32 Å². The van der Waals surface area contributed by atoms with Gasteiger partial charge in [-0.05, 0) is 0 Å². The maximum absolute atomic E-state index is 11.5. The van der Waals surface area contributed by atoms with E-state index in [2.05, 4.69) is 31.0 Å². The SMILES string of the molecule is CCNC(C[O][Ti](=[O])[O]C(C)C)N(CC)CC. The van der Waals surface area contributed by atoms with E-state index >= 15 is 0 Å². The summed E-state index contributed by atoms with van der Waals surface area (Å²) in [6.07, 6.45) is 0.0794. The Labute approximate surface area is 112 Å². The van der Waals surface area contributed by atoms with E-state index in [0.717, 1.165) is 19.6 Å². The van der Waals surface area contributed by atoms with Crippen molar-refractivity contribution in [1.82, 2.24) is 10.2 Å². The Kier molecular flexibility index (Phi) is 10.5. The van der Waals surface area contributed by atoms with Crippen LogP contribution in [-0.2, 0) is 28.6 Å². The second-order valence-corrected chi connectivity index (χ2v) is 5.62.